The third kappa shape index (κ3) is 2.84. The quantitative estimate of drug-likeness (QED) is 0.892. The maximum absolute atomic E-state index is 10.8. The number of rotatable bonds is 3. The first-order valence-corrected chi connectivity index (χ1v) is 7.43. The van der Waals surface area contributed by atoms with E-state index >= 15 is 0 Å². The minimum absolute atomic E-state index is 0.640. The Bertz CT molecular complexity index is 473. The molecule has 0 bridgehead atoms. The fourth-order valence-electron chi connectivity index (χ4n) is 3.15. The lowest BCUT2D eigenvalue weighted by Gasteiger charge is -2.39. The van der Waals surface area contributed by atoms with Gasteiger partial charge in [0.1, 0.15) is 11.9 Å². The number of methoxy groups -OCH3 is 1. The van der Waals surface area contributed by atoms with E-state index in [2.05, 4.69) is 6.92 Å². The minimum Gasteiger partial charge on any atom is -0.496 e. The molecule has 112 valence electrons. The van der Waals surface area contributed by atoms with Crippen LogP contribution in [0.1, 0.15) is 55.4 Å². The van der Waals surface area contributed by atoms with Gasteiger partial charge in [-0.25, -0.2) is 0 Å². The number of aliphatic hydroxyl groups is 2. The Morgan fingerprint density at radius 3 is 2.35 bits per heavy atom. The van der Waals surface area contributed by atoms with Crippen LogP contribution < -0.4 is 4.74 Å². The Balaban J connectivity index is 2.29. The van der Waals surface area contributed by atoms with Gasteiger partial charge in [-0.1, -0.05) is 6.92 Å². The van der Waals surface area contributed by atoms with Gasteiger partial charge in [0.2, 0.25) is 0 Å². The molecular formula is C17H26O3. The maximum Gasteiger partial charge on any atom is 0.122 e. The van der Waals surface area contributed by atoms with Crippen LogP contribution in [-0.4, -0.2) is 22.9 Å². The molecule has 2 rings (SSSR count). The van der Waals surface area contributed by atoms with E-state index in [0.717, 1.165) is 35.3 Å². The largest absolute Gasteiger partial charge is 0.496 e. The van der Waals surface area contributed by atoms with Crippen molar-refractivity contribution in [1.82, 2.24) is 0 Å². The van der Waals surface area contributed by atoms with E-state index in [1.54, 1.807) is 7.11 Å². The highest BCUT2D eigenvalue weighted by molar-refractivity contribution is 5.43. The summed E-state index contributed by atoms with van der Waals surface area (Å²) in [6, 6.07) is 3.87. The molecule has 0 heterocycles. The van der Waals surface area contributed by atoms with Crippen molar-refractivity contribution in [3.8, 4) is 5.75 Å². The molecule has 1 saturated carbocycles. The maximum atomic E-state index is 10.8. The lowest BCUT2D eigenvalue weighted by molar-refractivity contribution is -0.105. The zero-order chi connectivity index (χ0) is 14.9. The highest BCUT2D eigenvalue weighted by Gasteiger charge is 2.40. The van der Waals surface area contributed by atoms with Crippen molar-refractivity contribution in [2.45, 2.75) is 58.2 Å². The number of aryl methyl sites for hydroxylation is 2. The normalized spacial score (nSPS) is 28.2. The molecule has 3 heteroatoms. The average molecular weight is 278 g/mol. The standard InChI is InChI=1S/C17H26O3/c1-11-5-7-17(19,8-6-11)16(18)14-9-13(3)15(20-4)10-12(14)2/h9-11,16,18-19H,5-8H2,1-4H3. The molecule has 0 aliphatic heterocycles. The van der Waals surface area contributed by atoms with Crippen molar-refractivity contribution in [1.29, 1.82) is 0 Å². The molecule has 1 aliphatic carbocycles. The third-order valence-corrected chi connectivity index (χ3v) is 4.73. The Morgan fingerprint density at radius 2 is 1.80 bits per heavy atom. The number of aliphatic hydroxyl groups excluding tert-OH is 1. The van der Waals surface area contributed by atoms with Crippen LogP contribution in [0, 0.1) is 19.8 Å². The average Bonchev–Trinajstić information content (AvgIpc) is 2.43. The molecule has 3 nitrogen and oxygen atoms in total. The summed E-state index contributed by atoms with van der Waals surface area (Å²) >= 11 is 0. The Hall–Kier alpha value is -1.06. The second-order valence-electron chi connectivity index (χ2n) is 6.37. The molecular weight excluding hydrogens is 252 g/mol. The first-order chi connectivity index (χ1) is 9.37. The van der Waals surface area contributed by atoms with Crippen molar-refractivity contribution >= 4 is 0 Å². The SMILES string of the molecule is COc1cc(C)c(C(O)C2(O)CCC(C)CC2)cc1C. The van der Waals surface area contributed by atoms with Gasteiger partial charge in [-0.15, -0.1) is 0 Å². The summed E-state index contributed by atoms with van der Waals surface area (Å²) in [7, 11) is 1.65. The number of hydrogen-bond donors (Lipinski definition) is 2. The molecule has 20 heavy (non-hydrogen) atoms. The summed E-state index contributed by atoms with van der Waals surface area (Å²) in [4.78, 5) is 0. The van der Waals surface area contributed by atoms with Crippen LogP contribution >= 0.6 is 0 Å². The van der Waals surface area contributed by atoms with Crippen LogP contribution in [-0.2, 0) is 0 Å². The fraction of sp³-hybridized carbons (Fsp3) is 0.647. The summed E-state index contributed by atoms with van der Waals surface area (Å²) < 4.78 is 5.30. The zero-order valence-electron chi connectivity index (χ0n) is 12.9. The van der Waals surface area contributed by atoms with Crippen molar-refractivity contribution in [2.24, 2.45) is 5.92 Å². The van der Waals surface area contributed by atoms with Crippen molar-refractivity contribution in [3.05, 3.63) is 28.8 Å². The van der Waals surface area contributed by atoms with E-state index in [4.69, 9.17) is 4.74 Å². The van der Waals surface area contributed by atoms with Gasteiger partial charge in [0.05, 0.1) is 12.7 Å². The summed E-state index contributed by atoms with van der Waals surface area (Å²) in [6.07, 6.45) is 2.46. The van der Waals surface area contributed by atoms with Crippen molar-refractivity contribution < 1.29 is 14.9 Å². The van der Waals surface area contributed by atoms with Crippen LogP contribution in [0.25, 0.3) is 0 Å². The van der Waals surface area contributed by atoms with Gasteiger partial charge >= 0.3 is 0 Å². The van der Waals surface area contributed by atoms with Crippen LogP contribution in [0.3, 0.4) is 0 Å². The molecule has 0 amide bonds. The van der Waals surface area contributed by atoms with Crippen LogP contribution in [0.2, 0.25) is 0 Å². The molecule has 0 spiro atoms. The summed E-state index contributed by atoms with van der Waals surface area (Å²) in [6.45, 7) is 6.12. The van der Waals surface area contributed by atoms with E-state index in [9.17, 15) is 10.2 Å². The molecule has 1 unspecified atom stereocenters. The molecule has 0 radical (unpaired) electrons. The first-order valence-electron chi connectivity index (χ1n) is 7.43. The predicted octanol–water partition coefficient (Wildman–Crippen LogP) is 3.29. The highest BCUT2D eigenvalue weighted by atomic mass is 16.5. The van der Waals surface area contributed by atoms with Gasteiger partial charge in [-0.05, 0) is 74.3 Å². The number of benzene rings is 1. The van der Waals surface area contributed by atoms with Crippen molar-refractivity contribution in [3.63, 3.8) is 0 Å². The second-order valence-corrected chi connectivity index (χ2v) is 6.37. The zero-order valence-corrected chi connectivity index (χ0v) is 12.9. The Morgan fingerprint density at radius 1 is 1.20 bits per heavy atom. The van der Waals surface area contributed by atoms with Crippen molar-refractivity contribution in [2.75, 3.05) is 7.11 Å². The summed E-state index contributed by atoms with van der Waals surface area (Å²) in [5.41, 5.74) is 1.78. The predicted molar refractivity (Wildman–Crippen MR) is 80.0 cm³/mol. The fourth-order valence-corrected chi connectivity index (χ4v) is 3.15. The molecule has 0 saturated heterocycles. The van der Waals surface area contributed by atoms with Gasteiger partial charge in [0.25, 0.3) is 0 Å². The van der Waals surface area contributed by atoms with E-state index in [1.807, 2.05) is 26.0 Å². The van der Waals surface area contributed by atoms with Gasteiger partial charge in [-0.3, -0.25) is 0 Å². The van der Waals surface area contributed by atoms with Gasteiger partial charge in [0.15, 0.2) is 0 Å². The van der Waals surface area contributed by atoms with Crippen LogP contribution in [0.5, 0.6) is 5.75 Å². The number of hydrogen-bond acceptors (Lipinski definition) is 3. The molecule has 2 N–H and O–H groups in total. The lowest BCUT2D eigenvalue weighted by Crippen LogP contribution is -2.40. The Kier molecular flexibility index (Phi) is 4.40. The van der Waals surface area contributed by atoms with Gasteiger partial charge in [0, 0.05) is 0 Å². The van der Waals surface area contributed by atoms with E-state index in [-0.39, 0.29) is 0 Å². The van der Waals surface area contributed by atoms with Crippen LogP contribution in [0.4, 0.5) is 0 Å². The van der Waals surface area contributed by atoms with E-state index in [0.29, 0.717) is 18.8 Å². The third-order valence-electron chi connectivity index (χ3n) is 4.73. The summed E-state index contributed by atoms with van der Waals surface area (Å²) in [5.74, 6) is 1.46. The smallest absolute Gasteiger partial charge is 0.122 e. The first kappa shape index (κ1) is 15.3. The number of ether oxygens (including phenoxy) is 1. The van der Waals surface area contributed by atoms with E-state index in [1.165, 1.54) is 0 Å². The topological polar surface area (TPSA) is 49.7 Å². The molecule has 1 aromatic rings. The molecule has 1 aliphatic rings. The minimum atomic E-state index is -0.988. The second kappa shape index (κ2) is 5.74. The monoisotopic (exact) mass is 278 g/mol. The lowest BCUT2D eigenvalue weighted by atomic mass is 9.74. The van der Waals surface area contributed by atoms with E-state index < -0.39 is 11.7 Å². The van der Waals surface area contributed by atoms with Gasteiger partial charge < -0.3 is 14.9 Å². The molecule has 1 aromatic carbocycles. The summed E-state index contributed by atoms with van der Waals surface area (Å²) in [5, 5.41) is 21.4. The molecule has 1 atom stereocenters. The highest BCUT2D eigenvalue weighted by Crippen LogP contribution is 2.42. The Labute approximate surface area is 121 Å². The van der Waals surface area contributed by atoms with Gasteiger partial charge in [-0.2, -0.15) is 0 Å². The molecule has 1 fully saturated rings. The molecule has 0 aromatic heterocycles. The van der Waals surface area contributed by atoms with Crippen LogP contribution in [0.15, 0.2) is 12.1 Å².